The molecule has 1 aromatic heterocycles. The number of carbonyl (C=O) groups is 1. The third-order valence-electron chi connectivity index (χ3n) is 4.57. The SMILES string of the molecule is Cc1nnc([C@@H](C)N2CCC[C@@H](C(=O)N3CCOCC3)C2)o1. The number of rotatable bonds is 3. The molecule has 0 aromatic carbocycles. The van der Waals surface area contributed by atoms with E-state index < -0.39 is 0 Å². The highest BCUT2D eigenvalue weighted by Crippen LogP contribution is 2.27. The second kappa shape index (κ2) is 6.75. The van der Waals surface area contributed by atoms with Crippen molar-refractivity contribution in [2.24, 2.45) is 5.92 Å². The number of carbonyl (C=O) groups excluding carboxylic acids is 1. The lowest BCUT2D eigenvalue weighted by atomic mass is 9.95. The van der Waals surface area contributed by atoms with Gasteiger partial charge in [0.2, 0.25) is 17.7 Å². The van der Waals surface area contributed by atoms with E-state index in [2.05, 4.69) is 22.0 Å². The maximum absolute atomic E-state index is 12.7. The molecule has 1 amide bonds. The smallest absolute Gasteiger partial charge is 0.233 e. The summed E-state index contributed by atoms with van der Waals surface area (Å²) in [5.74, 6) is 1.55. The van der Waals surface area contributed by atoms with Gasteiger partial charge in [0.25, 0.3) is 0 Å². The van der Waals surface area contributed by atoms with Crippen LogP contribution in [0.4, 0.5) is 0 Å². The first-order valence-electron chi connectivity index (χ1n) is 8.05. The Bertz CT molecular complexity index is 513. The number of morpholine rings is 1. The number of ether oxygens (including phenoxy) is 1. The van der Waals surface area contributed by atoms with Crippen molar-refractivity contribution >= 4 is 5.91 Å². The molecule has 22 heavy (non-hydrogen) atoms. The van der Waals surface area contributed by atoms with E-state index in [0.29, 0.717) is 38.1 Å². The molecular formula is C15H24N4O3. The van der Waals surface area contributed by atoms with Crippen LogP contribution in [-0.4, -0.2) is 65.3 Å². The Kier molecular flexibility index (Phi) is 4.73. The van der Waals surface area contributed by atoms with Gasteiger partial charge in [-0.25, -0.2) is 0 Å². The van der Waals surface area contributed by atoms with Crippen LogP contribution in [0.25, 0.3) is 0 Å². The van der Waals surface area contributed by atoms with Crippen LogP contribution in [0.2, 0.25) is 0 Å². The molecule has 7 heteroatoms. The van der Waals surface area contributed by atoms with Crippen molar-refractivity contribution in [1.82, 2.24) is 20.0 Å². The van der Waals surface area contributed by atoms with E-state index in [0.717, 1.165) is 25.9 Å². The van der Waals surface area contributed by atoms with E-state index in [1.165, 1.54) is 0 Å². The van der Waals surface area contributed by atoms with Gasteiger partial charge < -0.3 is 14.1 Å². The van der Waals surface area contributed by atoms with Gasteiger partial charge in [-0.1, -0.05) is 0 Å². The molecule has 2 aliphatic heterocycles. The van der Waals surface area contributed by atoms with E-state index in [1.54, 1.807) is 6.92 Å². The molecule has 0 aliphatic carbocycles. The van der Waals surface area contributed by atoms with Crippen LogP contribution in [0.3, 0.4) is 0 Å². The molecule has 122 valence electrons. The first-order chi connectivity index (χ1) is 10.6. The van der Waals surface area contributed by atoms with Crippen molar-refractivity contribution in [2.45, 2.75) is 32.7 Å². The van der Waals surface area contributed by atoms with Crippen molar-refractivity contribution in [3.8, 4) is 0 Å². The van der Waals surface area contributed by atoms with Gasteiger partial charge in [0.15, 0.2) is 0 Å². The average Bonchev–Trinajstić information content (AvgIpc) is 3.01. The van der Waals surface area contributed by atoms with E-state index >= 15 is 0 Å². The molecule has 0 unspecified atom stereocenters. The summed E-state index contributed by atoms with van der Waals surface area (Å²) in [6, 6.07) is 0.0569. The maximum Gasteiger partial charge on any atom is 0.233 e. The summed E-state index contributed by atoms with van der Waals surface area (Å²) in [6.07, 6.45) is 1.99. The van der Waals surface area contributed by atoms with Crippen molar-refractivity contribution in [1.29, 1.82) is 0 Å². The summed E-state index contributed by atoms with van der Waals surface area (Å²) in [5, 5.41) is 8.01. The molecule has 7 nitrogen and oxygen atoms in total. The number of hydrogen-bond acceptors (Lipinski definition) is 6. The van der Waals surface area contributed by atoms with Crippen LogP contribution in [0.15, 0.2) is 4.42 Å². The van der Waals surface area contributed by atoms with Crippen LogP contribution in [0.1, 0.15) is 37.6 Å². The van der Waals surface area contributed by atoms with Gasteiger partial charge in [-0.15, -0.1) is 10.2 Å². The quantitative estimate of drug-likeness (QED) is 0.830. The van der Waals surface area contributed by atoms with E-state index in [-0.39, 0.29) is 17.9 Å². The zero-order chi connectivity index (χ0) is 15.5. The van der Waals surface area contributed by atoms with Crippen LogP contribution < -0.4 is 0 Å². The number of hydrogen-bond donors (Lipinski definition) is 0. The standard InChI is InChI=1S/C15H24N4O3/c1-11(14-17-16-12(2)22-14)19-5-3-4-13(10-19)15(20)18-6-8-21-9-7-18/h11,13H,3-10H2,1-2H3/t11-,13-/m1/s1. The van der Waals surface area contributed by atoms with Crippen molar-refractivity contribution in [3.05, 3.63) is 11.8 Å². The van der Waals surface area contributed by atoms with E-state index in [1.807, 2.05) is 4.90 Å². The molecule has 2 atom stereocenters. The van der Waals surface area contributed by atoms with Crippen LogP contribution in [0, 0.1) is 12.8 Å². The second-order valence-corrected chi connectivity index (χ2v) is 6.11. The summed E-state index contributed by atoms with van der Waals surface area (Å²) in [4.78, 5) is 16.9. The molecule has 2 aliphatic rings. The average molecular weight is 308 g/mol. The Morgan fingerprint density at radius 3 is 2.73 bits per heavy atom. The molecule has 0 radical (unpaired) electrons. The van der Waals surface area contributed by atoms with E-state index in [9.17, 15) is 4.79 Å². The van der Waals surface area contributed by atoms with Crippen molar-refractivity contribution in [3.63, 3.8) is 0 Å². The molecule has 2 saturated heterocycles. The third-order valence-corrected chi connectivity index (χ3v) is 4.57. The molecule has 0 bridgehead atoms. The van der Waals surface area contributed by atoms with Gasteiger partial charge >= 0.3 is 0 Å². The Morgan fingerprint density at radius 2 is 2.05 bits per heavy atom. The molecular weight excluding hydrogens is 284 g/mol. The summed E-state index contributed by atoms with van der Waals surface area (Å²) in [5.41, 5.74) is 0. The Morgan fingerprint density at radius 1 is 1.27 bits per heavy atom. The third kappa shape index (κ3) is 3.30. The van der Waals surface area contributed by atoms with Crippen LogP contribution in [0.5, 0.6) is 0 Å². The minimum atomic E-state index is 0.0569. The van der Waals surface area contributed by atoms with Gasteiger partial charge in [0, 0.05) is 26.6 Å². The number of nitrogens with zero attached hydrogens (tertiary/aromatic N) is 4. The first kappa shape index (κ1) is 15.4. The number of amides is 1. The predicted octanol–water partition coefficient (Wildman–Crippen LogP) is 1.01. The van der Waals surface area contributed by atoms with Gasteiger partial charge in [-0.3, -0.25) is 9.69 Å². The Labute approximate surface area is 130 Å². The highest BCUT2D eigenvalue weighted by atomic mass is 16.5. The normalized spacial score (nSPS) is 25.2. The zero-order valence-corrected chi connectivity index (χ0v) is 13.3. The molecule has 3 rings (SSSR count). The summed E-state index contributed by atoms with van der Waals surface area (Å²) >= 11 is 0. The van der Waals surface area contributed by atoms with Gasteiger partial charge in [-0.05, 0) is 26.3 Å². The largest absolute Gasteiger partial charge is 0.424 e. The van der Waals surface area contributed by atoms with Crippen LogP contribution in [-0.2, 0) is 9.53 Å². The fourth-order valence-corrected chi connectivity index (χ4v) is 3.24. The topological polar surface area (TPSA) is 71.7 Å². The second-order valence-electron chi connectivity index (χ2n) is 6.11. The molecule has 2 fully saturated rings. The van der Waals surface area contributed by atoms with Gasteiger partial charge in [0.1, 0.15) is 0 Å². The highest BCUT2D eigenvalue weighted by molar-refractivity contribution is 5.79. The minimum absolute atomic E-state index is 0.0569. The lowest BCUT2D eigenvalue weighted by molar-refractivity contribution is -0.141. The van der Waals surface area contributed by atoms with Crippen LogP contribution >= 0.6 is 0 Å². The highest BCUT2D eigenvalue weighted by Gasteiger charge is 2.33. The van der Waals surface area contributed by atoms with Gasteiger partial charge in [-0.2, -0.15) is 0 Å². The fourth-order valence-electron chi connectivity index (χ4n) is 3.24. The molecule has 1 aromatic rings. The van der Waals surface area contributed by atoms with Crippen molar-refractivity contribution in [2.75, 3.05) is 39.4 Å². The summed E-state index contributed by atoms with van der Waals surface area (Å²) in [7, 11) is 0. The van der Waals surface area contributed by atoms with E-state index in [4.69, 9.17) is 9.15 Å². The lowest BCUT2D eigenvalue weighted by Gasteiger charge is -2.37. The lowest BCUT2D eigenvalue weighted by Crippen LogP contribution is -2.48. The number of piperidine rings is 1. The maximum atomic E-state index is 12.7. The monoisotopic (exact) mass is 308 g/mol. The predicted molar refractivity (Wildman–Crippen MR) is 79.1 cm³/mol. The summed E-state index contributed by atoms with van der Waals surface area (Å²) in [6.45, 7) is 8.33. The number of aromatic nitrogens is 2. The van der Waals surface area contributed by atoms with Gasteiger partial charge in [0.05, 0.1) is 25.2 Å². The molecule has 0 saturated carbocycles. The molecule has 0 N–H and O–H groups in total. The molecule has 3 heterocycles. The zero-order valence-electron chi connectivity index (χ0n) is 13.3. The number of likely N-dealkylation sites (tertiary alicyclic amines) is 1. The Hall–Kier alpha value is -1.47. The Balaban J connectivity index is 1.62. The first-order valence-corrected chi connectivity index (χ1v) is 8.05. The van der Waals surface area contributed by atoms with Crippen molar-refractivity contribution < 1.29 is 13.9 Å². The number of aryl methyl sites for hydroxylation is 1. The minimum Gasteiger partial charge on any atom is -0.424 e. The summed E-state index contributed by atoms with van der Waals surface area (Å²) < 4.78 is 10.9. The molecule has 0 spiro atoms. The fraction of sp³-hybridized carbons (Fsp3) is 0.800.